The van der Waals surface area contributed by atoms with Crippen molar-refractivity contribution in [2.75, 3.05) is 26.2 Å². The summed E-state index contributed by atoms with van der Waals surface area (Å²) < 4.78 is 10.1. The van der Waals surface area contributed by atoms with Crippen molar-refractivity contribution in [3.8, 4) is 0 Å². The Kier molecular flexibility index (Phi) is 3.89. The van der Waals surface area contributed by atoms with Gasteiger partial charge in [-0.1, -0.05) is 16.8 Å². The van der Waals surface area contributed by atoms with Crippen molar-refractivity contribution in [2.45, 2.75) is 6.92 Å². The van der Waals surface area contributed by atoms with Crippen molar-refractivity contribution in [1.82, 2.24) is 15.0 Å². The Morgan fingerprint density at radius 3 is 2.32 bits per heavy atom. The normalized spacial score (nSPS) is 15.2. The van der Waals surface area contributed by atoms with E-state index in [9.17, 15) is 9.59 Å². The second-order valence-corrected chi connectivity index (χ2v) is 5.35. The van der Waals surface area contributed by atoms with Crippen molar-refractivity contribution in [3.05, 3.63) is 40.6 Å². The summed E-state index contributed by atoms with van der Waals surface area (Å²) in [5, 5.41) is 3.91. The van der Waals surface area contributed by atoms with Crippen LogP contribution in [0.5, 0.6) is 0 Å². The highest BCUT2D eigenvalue weighted by Gasteiger charge is 2.29. The number of carbonyl (C=O) groups excluding carboxylic acids is 2. The van der Waals surface area contributed by atoms with Crippen LogP contribution in [0.4, 0.5) is 0 Å². The summed E-state index contributed by atoms with van der Waals surface area (Å²) in [6.07, 6.45) is 1.46. The zero-order valence-electron chi connectivity index (χ0n) is 11.9. The van der Waals surface area contributed by atoms with Crippen LogP contribution in [0.3, 0.4) is 0 Å². The lowest BCUT2D eigenvalue weighted by Gasteiger charge is -2.33. The van der Waals surface area contributed by atoms with Crippen molar-refractivity contribution in [1.29, 1.82) is 0 Å². The molecule has 8 heteroatoms. The molecule has 0 N–H and O–H groups in total. The molecule has 0 saturated carbocycles. The van der Waals surface area contributed by atoms with E-state index >= 15 is 0 Å². The van der Waals surface area contributed by atoms with E-state index in [1.54, 1.807) is 28.9 Å². The molecular formula is C14H14ClN3O4. The summed E-state index contributed by atoms with van der Waals surface area (Å²) in [5.74, 6) is -0.139. The minimum Gasteiger partial charge on any atom is -0.459 e. The van der Waals surface area contributed by atoms with Crippen LogP contribution in [0.15, 0.2) is 27.3 Å². The van der Waals surface area contributed by atoms with Crippen molar-refractivity contribution in [2.24, 2.45) is 0 Å². The molecule has 22 heavy (non-hydrogen) atoms. The molecule has 2 aromatic heterocycles. The van der Waals surface area contributed by atoms with Crippen molar-refractivity contribution >= 4 is 23.4 Å². The van der Waals surface area contributed by atoms with Crippen LogP contribution in [0.2, 0.25) is 5.02 Å². The lowest BCUT2D eigenvalue weighted by Crippen LogP contribution is -2.50. The van der Waals surface area contributed by atoms with Gasteiger partial charge in [0.25, 0.3) is 11.8 Å². The molecule has 1 aliphatic heterocycles. The molecule has 7 nitrogen and oxygen atoms in total. The number of aryl methyl sites for hydroxylation is 1. The van der Waals surface area contributed by atoms with Crippen molar-refractivity contribution < 1.29 is 18.5 Å². The SMILES string of the molecule is Cc1noc(C(=O)N2CCN(C(=O)c3ccco3)CC2)c1Cl. The minimum absolute atomic E-state index is 0.0463. The second-order valence-electron chi connectivity index (χ2n) is 4.97. The Morgan fingerprint density at radius 1 is 1.18 bits per heavy atom. The van der Waals surface area contributed by atoms with Crippen LogP contribution in [0.1, 0.15) is 26.8 Å². The quantitative estimate of drug-likeness (QED) is 0.842. The Morgan fingerprint density at radius 2 is 1.82 bits per heavy atom. The third-order valence-corrected chi connectivity index (χ3v) is 4.02. The molecular weight excluding hydrogens is 310 g/mol. The Bertz CT molecular complexity index is 687. The average molecular weight is 324 g/mol. The maximum absolute atomic E-state index is 12.3. The predicted octanol–water partition coefficient (Wildman–Crippen LogP) is 1.83. The molecule has 3 rings (SSSR count). The van der Waals surface area contributed by atoms with E-state index in [0.717, 1.165) is 0 Å². The van der Waals surface area contributed by atoms with Gasteiger partial charge in [-0.2, -0.15) is 0 Å². The molecule has 116 valence electrons. The van der Waals surface area contributed by atoms with Gasteiger partial charge in [-0.25, -0.2) is 0 Å². The van der Waals surface area contributed by atoms with E-state index in [1.165, 1.54) is 6.26 Å². The van der Waals surface area contributed by atoms with Gasteiger partial charge in [-0.15, -0.1) is 0 Å². The summed E-state index contributed by atoms with van der Waals surface area (Å²) in [4.78, 5) is 27.7. The summed E-state index contributed by atoms with van der Waals surface area (Å²) in [6, 6.07) is 3.29. The van der Waals surface area contributed by atoms with Gasteiger partial charge in [0.1, 0.15) is 5.02 Å². The summed E-state index contributed by atoms with van der Waals surface area (Å²) in [5.41, 5.74) is 0.483. The number of aromatic nitrogens is 1. The maximum Gasteiger partial charge on any atom is 0.294 e. The highest BCUT2D eigenvalue weighted by molar-refractivity contribution is 6.33. The fourth-order valence-electron chi connectivity index (χ4n) is 2.30. The first-order valence-electron chi connectivity index (χ1n) is 6.81. The highest BCUT2D eigenvalue weighted by Crippen LogP contribution is 2.22. The molecule has 0 radical (unpaired) electrons. The number of nitrogens with zero attached hydrogens (tertiary/aromatic N) is 3. The third-order valence-electron chi connectivity index (χ3n) is 3.57. The Labute approximate surface area is 131 Å². The number of amides is 2. The van der Waals surface area contributed by atoms with Crippen LogP contribution in [0, 0.1) is 6.92 Å². The number of piperazine rings is 1. The van der Waals surface area contributed by atoms with E-state index in [0.29, 0.717) is 37.6 Å². The standard InChI is InChI=1S/C14H14ClN3O4/c1-9-11(15)12(22-16-9)14(20)18-6-4-17(5-7-18)13(19)10-3-2-8-21-10/h2-3,8H,4-7H2,1H3. The zero-order chi connectivity index (χ0) is 15.7. The Hall–Kier alpha value is -2.28. The molecule has 1 fully saturated rings. The monoisotopic (exact) mass is 323 g/mol. The van der Waals surface area contributed by atoms with Crippen LogP contribution in [-0.2, 0) is 0 Å². The number of carbonyl (C=O) groups is 2. The number of halogens is 1. The topological polar surface area (TPSA) is 79.8 Å². The van der Waals surface area contributed by atoms with E-state index in [4.69, 9.17) is 20.5 Å². The van der Waals surface area contributed by atoms with Crippen LogP contribution >= 0.6 is 11.6 Å². The fraction of sp³-hybridized carbons (Fsp3) is 0.357. The summed E-state index contributed by atoms with van der Waals surface area (Å²) >= 11 is 5.99. The first-order valence-corrected chi connectivity index (χ1v) is 7.19. The molecule has 0 spiro atoms. The third kappa shape index (κ3) is 2.59. The van der Waals surface area contributed by atoms with Gasteiger partial charge in [0.15, 0.2) is 5.76 Å². The van der Waals surface area contributed by atoms with Gasteiger partial charge >= 0.3 is 0 Å². The molecule has 0 unspecified atom stereocenters. The minimum atomic E-state index is -0.310. The van der Waals surface area contributed by atoms with Gasteiger partial charge in [0.05, 0.1) is 12.0 Å². The van der Waals surface area contributed by atoms with Gasteiger partial charge < -0.3 is 18.7 Å². The van der Waals surface area contributed by atoms with Gasteiger partial charge in [-0.3, -0.25) is 9.59 Å². The lowest BCUT2D eigenvalue weighted by molar-refractivity contribution is 0.0497. The fourth-order valence-corrected chi connectivity index (χ4v) is 2.45. The van der Waals surface area contributed by atoms with Crippen LogP contribution < -0.4 is 0 Å². The number of rotatable bonds is 2. The second kappa shape index (κ2) is 5.84. The van der Waals surface area contributed by atoms with E-state index in [-0.39, 0.29) is 22.6 Å². The zero-order valence-corrected chi connectivity index (χ0v) is 12.7. The molecule has 0 aliphatic carbocycles. The maximum atomic E-state index is 12.3. The molecule has 1 aliphatic rings. The van der Waals surface area contributed by atoms with Crippen molar-refractivity contribution in [3.63, 3.8) is 0 Å². The van der Waals surface area contributed by atoms with Crippen LogP contribution in [-0.4, -0.2) is 52.9 Å². The molecule has 3 heterocycles. The van der Waals surface area contributed by atoms with E-state index < -0.39 is 0 Å². The summed E-state index contributed by atoms with van der Waals surface area (Å²) in [6.45, 7) is 3.33. The van der Waals surface area contributed by atoms with Gasteiger partial charge in [-0.05, 0) is 19.1 Å². The average Bonchev–Trinajstić information content (AvgIpc) is 3.18. The number of hydrogen-bond donors (Lipinski definition) is 0. The number of hydrogen-bond acceptors (Lipinski definition) is 5. The highest BCUT2D eigenvalue weighted by atomic mass is 35.5. The Balaban J connectivity index is 1.63. The van der Waals surface area contributed by atoms with Crippen LogP contribution in [0.25, 0.3) is 0 Å². The smallest absolute Gasteiger partial charge is 0.294 e. The predicted molar refractivity (Wildman–Crippen MR) is 76.8 cm³/mol. The van der Waals surface area contributed by atoms with Gasteiger partial charge in [0.2, 0.25) is 5.76 Å². The molecule has 2 aromatic rings. The van der Waals surface area contributed by atoms with E-state index in [1.807, 2.05) is 0 Å². The molecule has 0 aromatic carbocycles. The molecule has 0 atom stereocenters. The lowest BCUT2D eigenvalue weighted by atomic mass is 10.2. The molecule has 0 bridgehead atoms. The number of furan rings is 1. The summed E-state index contributed by atoms with van der Waals surface area (Å²) in [7, 11) is 0. The first kappa shape index (κ1) is 14.6. The largest absolute Gasteiger partial charge is 0.459 e. The van der Waals surface area contributed by atoms with Gasteiger partial charge in [0, 0.05) is 26.2 Å². The van der Waals surface area contributed by atoms with E-state index in [2.05, 4.69) is 5.16 Å². The molecule has 2 amide bonds. The first-order chi connectivity index (χ1) is 10.6. The molecule has 1 saturated heterocycles.